The third-order valence-corrected chi connectivity index (χ3v) is 7.82. The maximum Gasteiger partial charge on any atom is 0.435 e. The number of sulfonamides is 1. The molecule has 2 heterocycles. The summed E-state index contributed by atoms with van der Waals surface area (Å²) in [6.45, 7) is -0.632. The molecule has 1 aromatic carbocycles. The summed E-state index contributed by atoms with van der Waals surface area (Å²) in [5.74, 6) is 0. The second kappa shape index (κ2) is 7.80. The highest BCUT2D eigenvalue weighted by atomic mass is 32.2. The van der Waals surface area contributed by atoms with Crippen molar-refractivity contribution in [2.45, 2.75) is 42.4 Å². The molecule has 0 saturated carbocycles. The van der Waals surface area contributed by atoms with E-state index in [4.69, 9.17) is 5.11 Å². The van der Waals surface area contributed by atoms with Crippen molar-refractivity contribution in [2.75, 3.05) is 0 Å². The largest absolute Gasteiger partial charge is 0.435 e. The number of rotatable bonds is 6. The van der Waals surface area contributed by atoms with Crippen molar-refractivity contribution >= 4 is 21.4 Å². The first kappa shape index (κ1) is 21.0. The molecule has 0 radical (unpaired) electrons. The molecule has 160 valence electrons. The molecule has 11 heteroatoms. The number of benzene rings is 1. The Morgan fingerprint density at radius 2 is 2.00 bits per heavy atom. The van der Waals surface area contributed by atoms with Gasteiger partial charge in [-0.3, -0.25) is 4.68 Å². The van der Waals surface area contributed by atoms with Gasteiger partial charge in [-0.25, -0.2) is 13.1 Å². The smallest absolute Gasteiger partial charge is 0.392 e. The molecule has 1 atom stereocenters. The van der Waals surface area contributed by atoms with Crippen LogP contribution in [0.15, 0.2) is 46.1 Å². The summed E-state index contributed by atoms with van der Waals surface area (Å²) in [6, 6.07) is 8.48. The third kappa shape index (κ3) is 4.29. The first-order chi connectivity index (χ1) is 14.2. The number of halogens is 3. The van der Waals surface area contributed by atoms with Crippen LogP contribution in [0.25, 0.3) is 0 Å². The van der Waals surface area contributed by atoms with E-state index in [1.54, 1.807) is 23.6 Å². The molecule has 4 rings (SSSR count). The first-order valence-corrected chi connectivity index (χ1v) is 11.4. The molecule has 2 N–H and O–H groups in total. The number of aliphatic hydroxyl groups is 1. The lowest BCUT2D eigenvalue weighted by Gasteiger charge is -2.11. The van der Waals surface area contributed by atoms with E-state index >= 15 is 0 Å². The molecule has 0 saturated heterocycles. The predicted octanol–water partition coefficient (Wildman–Crippen LogP) is 2.95. The van der Waals surface area contributed by atoms with E-state index in [9.17, 15) is 21.6 Å². The van der Waals surface area contributed by atoms with Crippen LogP contribution in [0.1, 0.15) is 27.9 Å². The standard InChI is InChI=1S/C19H18F3N3O3S2/c20-19(21,22)18-15(11-26)10-25(23-18)9-12-3-4-13-7-16(8-14(13)6-12)24-30(27,28)17-2-1-5-29-17/h1-6,10,16,24,26H,7-9,11H2/t16-/m0/s1. The highest BCUT2D eigenvalue weighted by molar-refractivity contribution is 7.91. The molecule has 0 spiro atoms. The maximum atomic E-state index is 13.0. The van der Waals surface area contributed by atoms with Gasteiger partial charge >= 0.3 is 6.18 Å². The lowest BCUT2D eigenvalue weighted by atomic mass is 10.1. The molecule has 0 amide bonds. The Morgan fingerprint density at radius 3 is 2.63 bits per heavy atom. The molecule has 1 aliphatic carbocycles. The number of hydrogen-bond acceptors (Lipinski definition) is 5. The number of hydrogen-bond donors (Lipinski definition) is 2. The summed E-state index contributed by atoms with van der Waals surface area (Å²) in [5.41, 5.74) is 1.35. The number of nitrogens with zero attached hydrogens (tertiary/aromatic N) is 2. The molecule has 1 aliphatic rings. The van der Waals surface area contributed by atoms with E-state index in [1.807, 2.05) is 12.1 Å². The lowest BCUT2D eigenvalue weighted by molar-refractivity contribution is -0.142. The molecule has 6 nitrogen and oxygen atoms in total. The molecular weight excluding hydrogens is 439 g/mol. The van der Waals surface area contributed by atoms with Gasteiger partial charge in [0.25, 0.3) is 0 Å². The van der Waals surface area contributed by atoms with Gasteiger partial charge in [-0.1, -0.05) is 24.3 Å². The first-order valence-electron chi connectivity index (χ1n) is 9.06. The molecular formula is C19H18F3N3O3S2. The Labute approximate surface area is 175 Å². The topological polar surface area (TPSA) is 84.2 Å². The van der Waals surface area contributed by atoms with Crippen molar-refractivity contribution in [1.29, 1.82) is 0 Å². The highest BCUT2D eigenvalue weighted by Crippen LogP contribution is 2.31. The number of aliphatic hydroxyl groups excluding tert-OH is 1. The van der Waals surface area contributed by atoms with E-state index < -0.39 is 28.5 Å². The van der Waals surface area contributed by atoms with Crippen molar-refractivity contribution < 1.29 is 26.7 Å². The third-order valence-electron chi connectivity index (χ3n) is 4.91. The second-order valence-corrected chi connectivity index (χ2v) is 10.0. The molecule has 2 aromatic heterocycles. The summed E-state index contributed by atoms with van der Waals surface area (Å²) in [5, 5.41) is 14.4. The number of fused-ring (bicyclic) bond motifs is 1. The summed E-state index contributed by atoms with van der Waals surface area (Å²) in [7, 11) is -3.57. The minimum Gasteiger partial charge on any atom is -0.392 e. The van der Waals surface area contributed by atoms with Crippen LogP contribution in [0.2, 0.25) is 0 Å². The van der Waals surface area contributed by atoms with Crippen LogP contribution in [-0.2, 0) is 42.2 Å². The minimum atomic E-state index is -4.63. The summed E-state index contributed by atoms with van der Waals surface area (Å²) >= 11 is 1.15. The Bertz CT molecular complexity index is 1160. The maximum absolute atomic E-state index is 13.0. The quantitative estimate of drug-likeness (QED) is 0.596. The van der Waals surface area contributed by atoms with Crippen molar-refractivity contribution in [1.82, 2.24) is 14.5 Å². The zero-order valence-corrected chi connectivity index (χ0v) is 17.2. The van der Waals surface area contributed by atoms with Crippen LogP contribution >= 0.6 is 11.3 Å². The monoisotopic (exact) mass is 457 g/mol. The van der Waals surface area contributed by atoms with E-state index in [2.05, 4.69) is 9.82 Å². The number of thiophene rings is 1. The summed E-state index contributed by atoms with van der Waals surface area (Å²) in [4.78, 5) is 0. The summed E-state index contributed by atoms with van der Waals surface area (Å²) < 4.78 is 68.0. The zero-order chi connectivity index (χ0) is 21.5. The molecule has 0 fully saturated rings. The van der Waals surface area contributed by atoms with Crippen LogP contribution in [-0.4, -0.2) is 29.3 Å². The zero-order valence-electron chi connectivity index (χ0n) is 15.6. The summed E-state index contributed by atoms with van der Waals surface area (Å²) in [6.07, 6.45) is -2.39. The van der Waals surface area contributed by atoms with Gasteiger partial charge in [-0.2, -0.15) is 18.3 Å². The van der Waals surface area contributed by atoms with E-state index in [-0.39, 0.29) is 22.4 Å². The fourth-order valence-corrected chi connectivity index (χ4v) is 5.88. The second-order valence-electron chi connectivity index (χ2n) is 7.12. The van der Waals surface area contributed by atoms with Crippen molar-refractivity contribution in [2.24, 2.45) is 0 Å². The van der Waals surface area contributed by atoms with Gasteiger partial charge in [0, 0.05) is 17.8 Å². The Morgan fingerprint density at radius 1 is 1.23 bits per heavy atom. The van der Waals surface area contributed by atoms with E-state index in [0.29, 0.717) is 12.8 Å². The van der Waals surface area contributed by atoms with Crippen LogP contribution in [0.3, 0.4) is 0 Å². The minimum absolute atomic E-state index is 0.113. The van der Waals surface area contributed by atoms with Crippen molar-refractivity contribution in [3.63, 3.8) is 0 Å². The van der Waals surface area contributed by atoms with E-state index in [1.165, 1.54) is 6.20 Å². The predicted molar refractivity (Wildman–Crippen MR) is 105 cm³/mol. The molecule has 0 unspecified atom stereocenters. The Hall–Kier alpha value is -2.21. The SMILES string of the molecule is O=S(=O)(N[C@H]1Cc2ccc(Cn3cc(CO)c(C(F)(F)F)n3)cc2C1)c1cccs1. The van der Waals surface area contributed by atoms with Gasteiger partial charge in [-0.05, 0) is 41.0 Å². The number of nitrogens with one attached hydrogen (secondary N) is 1. The number of aromatic nitrogens is 2. The average Bonchev–Trinajstić information content (AvgIpc) is 3.39. The van der Waals surface area contributed by atoms with Crippen LogP contribution in [0, 0.1) is 0 Å². The van der Waals surface area contributed by atoms with Gasteiger partial charge in [0.2, 0.25) is 10.0 Å². The Kier molecular flexibility index (Phi) is 5.47. The van der Waals surface area contributed by atoms with E-state index in [0.717, 1.165) is 32.7 Å². The average molecular weight is 457 g/mol. The van der Waals surface area contributed by atoms with Gasteiger partial charge in [0.1, 0.15) is 4.21 Å². The molecule has 0 aliphatic heterocycles. The van der Waals surface area contributed by atoms with Crippen LogP contribution < -0.4 is 4.72 Å². The van der Waals surface area contributed by atoms with Crippen molar-refractivity contribution in [3.8, 4) is 0 Å². The fraction of sp³-hybridized carbons (Fsp3) is 0.316. The van der Waals surface area contributed by atoms with Crippen LogP contribution in [0.4, 0.5) is 13.2 Å². The van der Waals surface area contributed by atoms with Gasteiger partial charge in [0.05, 0.1) is 13.2 Å². The van der Waals surface area contributed by atoms with Gasteiger partial charge in [0.15, 0.2) is 5.69 Å². The van der Waals surface area contributed by atoms with Crippen LogP contribution in [0.5, 0.6) is 0 Å². The molecule has 3 aromatic rings. The normalized spacial score (nSPS) is 16.7. The van der Waals surface area contributed by atoms with Gasteiger partial charge in [-0.15, -0.1) is 11.3 Å². The number of alkyl halides is 3. The molecule has 0 bridgehead atoms. The Balaban J connectivity index is 1.48. The highest BCUT2D eigenvalue weighted by Gasteiger charge is 2.37. The lowest BCUT2D eigenvalue weighted by Crippen LogP contribution is -2.34. The van der Waals surface area contributed by atoms with Crippen molar-refractivity contribution in [3.05, 3.63) is 69.9 Å². The van der Waals surface area contributed by atoms with Gasteiger partial charge < -0.3 is 5.11 Å². The molecule has 30 heavy (non-hydrogen) atoms. The fourth-order valence-electron chi connectivity index (χ4n) is 3.63.